The number of anilines is 1. The molecule has 1 atom stereocenters. The van der Waals surface area contributed by atoms with E-state index >= 15 is 0 Å². The van der Waals surface area contributed by atoms with Crippen LogP contribution >= 0.6 is 23.2 Å². The molecule has 1 aliphatic rings. The number of aliphatic hydroxyl groups is 1. The molecule has 0 bridgehead atoms. The summed E-state index contributed by atoms with van der Waals surface area (Å²) >= 11 is 11.9. The Kier molecular flexibility index (Phi) is 4.23. The van der Waals surface area contributed by atoms with E-state index < -0.39 is 11.6 Å². The zero-order valence-corrected chi connectivity index (χ0v) is 12.1. The summed E-state index contributed by atoms with van der Waals surface area (Å²) in [6.07, 6.45) is 2.05. The van der Waals surface area contributed by atoms with Gasteiger partial charge < -0.3 is 15.7 Å². The summed E-state index contributed by atoms with van der Waals surface area (Å²) in [6, 6.07) is 4.62. The van der Waals surface area contributed by atoms with Crippen LogP contribution in [0.5, 0.6) is 0 Å². The van der Waals surface area contributed by atoms with Gasteiger partial charge in [0.1, 0.15) is 0 Å². The van der Waals surface area contributed by atoms with Crippen molar-refractivity contribution in [2.45, 2.75) is 25.3 Å². The fraction of sp³-hybridized carbons (Fsp3) is 0.462. The molecule has 104 valence electrons. The number of hydrogen-bond acceptors (Lipinski definition) is 2. The highest BCUT2D eigenvalue weighted by Crippen LogP contribution is 2.39. The van der Waals surface area contributed by atoms with Gasteiger partial charge in [-0.25, -0.2) is 4.79 Å². The van der Waals surface area contributed by atoms with Crippen LogP contribution in [0, 0.1) is 5.92 Å². The summed E-state index contributed by atoms with van der Waals surface area (Å²) in [6.45, 7) is 1.75. The van der Waals surface area contributed by atoms with Crippen molar-refractivity contribution >= 4 is 34.9 Å². The Labute approximate surface area is 122 Å². The van der Waals surface area contributed by atoms with Crippen LogP contribution < -0.4 is 10.6 Å². The topological polar surface area (TPSA) is 61.4 Å². The maximum Gasteiger partial charge on any atom is 0.319 e. The van der Waals surface area contributed by atoms with Crippen molar-refractivity contribution < 1.29 is 9.90 Å². The second-order valence-electron chi connectivity index (χ2n) is 5.03. The third-order valence-corrected chi connectivity index (χ3v) is 4.22. The maximum absolute atomic E-state index is 11.9. The van der Waals surface area contributed by atoms with Crippen LogP contribution in [0.2, 0.25) is 10.0 Å². The van der Waals surface area contributed by atoms with Crippen molar-refractivity contribution in [1.82, 2.24) is 5.32 Å². The number of aliphatic hydroxyl groups excluding tert-OH is 1. The minimum atomic E-state index is -0.588. The number of nitrogens with one attached hydrogen (secondary N) is 2. The summed E-state index contributed by atoms with van der Waals surface area (Å²) in [5, 5.41) is 15.5. The SMILES string of the molecule is CC(CO)(NC(=O)Nc1cccc(Cl)c1Cl)C1CC1. The van der Waals surface area contributed by atoms with Gasteiger partial charge in [-0.3, -0.25) is 0 Å². The molecular weight excluding hydrogens is 287 g/mol. The molecule has 4 nitrogen and oxygen atoms in total. The molecule has 0 spiro atoms. The molecule has 1 saturated carbocycles. The van der Waals surface area contributed by atoms with Crippen LogP contribution in [0.15, 0.2) is 18.2 Å². The third kappa shape index (κ3) is 3.32. The standard InChI is InChI=1S/C13H16Cl2N2O2/c1-13(7-18,8-5-6-8)17-12(19)16-10-4-2-3-9(14)11(10)15/h2-4,8,18H,5-7H2,1H3,(H2,16,17,19). The quantitative estimate of drug-likeness (QED) is 0.799. The van der Waals surface area contributed by atoms with Crippen molar-refractivity contribution in [3.8, 4) is 0 Å². The molecule has 0 heterocycles. The van der Waals surface area contributed by atoms with Crippen molar-refractivity contribution in [1.29, 1.82) is 0 Å². The molecule has 0 aliphatic heterocycles. The predicted molar refractivity (Wildman–Crippen MR) is 76.8 cm³/mol. The third-order valence-electron chi connectivity index (χ3n) is 3.41. The lowest BCUT2D eigenvalue weighted by atomic mass is 9.97. The predicted octanol–water partition coefficient (Wildman–Crippen LogP) is 3.28. The number of benzene rings is 1. The van der Waals surface area contributed by atoms with Crippen LogP contribution in [-0.2, 0) is 0 Å². The summed E-state index contributed by atoms with van der Waals surface area (Å²) < 4.78 is 0. The van der Waals surface area contributed by atoms with Crippen LogP contribution in [0.3, 0.4) is 0 Å². The minimum absolute atomic E-state index is 0.0889. The lowest BCUT2D eigenvalue weighted by molar-refractivity contribution is 0.159. The van der Waals surface area contributed by atoms with Crippen molar-refractivity contribution in [2.24, 2.45) is 5.92 Å². The van der Waals surface area contributed by atoms with Gasteiger partial charge in [0.25, 0.3) is 0 Å². The van der Waals surface area contributed by atoms with E-state index in [0.717, 1.165) is 12.8 Å². The van der Waals surface area contributed by atoms with E-state index in [1.165, 1.54) is 0 Å². The average molecular weight is 303 g/mol. The fourth-order valence-corrected chi connectivity index (χ4v) is 2.35. The lowest BCUT2D eigenvalue weighted by Crippen LogP contribution is -2.52. The number of rotatable bonds is 4. The van der Waals surface area contributed by atoms with Gasteiger partial charge in [-0.15, -0.1) is 0 Å². The Morgan fingerprint density at radius 1 is 1.47 bits per heavy atom. The first-order valence-electron chi connectivity index (χ1n) is 6.10. The zero-order valence-electron chi connectivity index (χ0n) is 10.5. The summed E-state index contributed by atoms with van der Waals surface area (Å²) in [5.41, 5.74) is -0.141. The van der Waals surface area contributed by atoms with Gasteiger partial charge in [0.05, 0.1) is 27.9 Å². The number of carbonyl (C=O) groups is 1. The summed E-state index contributed by atoms with van der Waals surface area (Å²) in [5.74, 6) is 0.332. The second kappa shape index (κ2) is 5.57. The van der Waals surface area contributed by atoms with Crippen LogP contribution in [0.1, 0.15) is 19.8 Å². The highest BCUT2D eigenvalue weighted by Gasteiger charge is 2.42. The Morgan fingerprint density at radius 3 is 2.74 bits per heavy atom. The molecule has 2 amide bonds. The number of halogens is 2. The normalized spacial score (nSPS) is 17.7. The van der Waals surface area contributed by atoms with Gasteiger partial charge in [0.2, 0.25) is 0 Å². The minimum Gasteiger partial charge on any atom is -0.394 e. The number of urea groups is 1. The Hall–Kier alpha value is -0.970. The van der Waals surface area contributed by atoms with Crippen molar-refractivity contribution in [3.05, 3.63) is 28.2 Å². The maximum atomic E-state index is 11.9. The van der Waals surface area contributed by atoms with Gasteiger partial charge >= 0.3 is 6.03 Å². The van der Waals surface area contributed by atoms with Gasteiger partial charge in [0, 0.05) is 0 Å². The van der Waals surface area contributed by atoms with Gasteiger partial charge in [-0.05, 0) is 37.8 Å². The molecule has 1 aromatic rings. The molecule has 1 unspecified atom stereocenters. The largest absolute Gasteiger partial charge is 0.394 e. The molecule has 19 heavy (non-hydrogen) atoms. The molecule has 0 saturated heterocycles. The first-order chi connectivity index (χ1) is 8.96. The number of carbonyl (C=O) groups excluding carboxylic acids is 1. The molecule has 1 aliphatic carbocycles. The molecule has 6 heteroatoms. The molecule has 1 aromatic carbocycles. The Balaban J connectivity index is 2.03. The van der Waals surface area contributed by atoms with E-state index in [0.29, 0.717) is 21.7 Å². The monoisotopic (exact) mass is 302 g/mol. The smallest absolute Gasteiger partial charge is 0.319 e. The lowest BCUT2D eigenvalue weighted by Gasteiger charge is -2.28. The molecular formula is C13H16Cl2N2O2. The van der Waals surface area contributed by atoms with Crippen LogP contribution in [-0.4, -0.2) is 23.3 Å². The van der Waals surface area contributed by atoms with Crippen molar-refractivity contribution in [2.75, 3.05) is 11.9 Å². The van der Waals surface area contributed by atoms with Crippen LogP contribution in [0.25, 0.3) is 0 Å². The van der Waals surface area contributed by atoms with E-state index in [-0.39, 0.29) is 6.61 Å². The Morgan fingerprint density at radius 2 is 2.16 bits per heavy atom. The first-order valence-corrected chi connectivity index (χ1v) is 6.86. The first kappa shape index (κ1) is 14.4. The molecule has 0 radical (unpaired) electrons. The molecule has 1 fully saturated rings. The van der Waals surface area contributed by atoms with Gasteiger partial charge in [-0.2, -0.15) is 0 Å². The summed E-state index contributed by atoms with van der Waals surface area (Å²) in [7, 11) is 0. The van der Waals surface area contributed by atoms with Gasteiger partial charge in [-0.1, -0.05) is 29.3 Å². The van der Waals surface area contributed by atoms with E-state index in [1.54, 1.807) is 18.2 Å². The highest BCUT2D eigenvalue weighted by molar-refractivity contribution is 6.43. The average Bonchev–Trinajstić information content (AvgIpc) is 3.19. The summed E-state index contributed by atoms with van der Waals surface area (Å²) in [4.78, 5) is 11.9. The Bertz CT molecular complexity index is 492. The fourth-order valence-electron chi connectivity index (χ4n) is 2.00. The zero-order chi connectivity index (χ0) is 14.0. The molecule has 0 aromatic heterocycles. The molecule has 2 rings (SSSR count). The van der Waals surface area contributed by atoms with Crippen molar-refractivity contribution in [3.63, 3.8) is 0 Å². The number of amides is 2. The number of hydrogen-bond donors (Lipinski definition) is 3. The van der Waals surface area contributed by atoms with E-state index in [9.17, 15) is 9.90 Å². The van der Waals surface area contributed by atoms with Crippen LogP contribution in [0.4, 0.5) is 10.5 Å². The highest BCUT2D eigenvalue weighted by atomic mass is 35.5. The van der Waals surface area contributed by atoms with Gasteiger partial charge in [0.15, 0.2) is 0 Å². The molecule has 3 N–H and O–H groups in total. The second-order valence-corrected chi connectivity index (χ2v) is 5.82. The van der Waals surface area contributed by atoms with E-state index in [2.05, 4.69) is 10.6 Å². The van der Waals surface area contributed by atoms with E-state index in [4.69, 9.17) is 23.2 Å². The van der Waals surface area contributed by atoms with E-state index in [1.807, 2.05) is 6.92 Å².